The number of hydrogen-bond donors (Lipinski definition) is 1. The van der Waals surface area contributed by atoms with Crippen molar-refractivity contribution < 1.29 is 22.8 Å². The van der Waals surface area contributed by atoms with Gasteiger partial charge >= 0.3 is 6.18 Å². The summed E-state index contributed by atoms with van der Waals surface area (Å²) in [7, 11) is 0. The number of piperidine rings is 1. The topological polar surface area (TPSA) is 71.4 Å². The van der Waals surface area contributed by atoms with Crippen LogP contribution < -0.4 is 10.9 Å². The third-order valence-corrected chi connectivity index (χ3v) is 5.33. The van der Waals surface area contributed by atoms with Crippen molar-refractivity contribution in [3.05, 3.63) is 34.2 Å². The van der Waals surface area contributed by atoms with Crippen LogP contribution in [-0.2, 0) is 9.59 Å². The summed E-state index contributed by atoms with van der Waals surface area (Å²) >= 11 is 0. The Bertz CT molecular complexity index is 790. The molecule has 0 aromatic carbocycles. The third kappa shape index (κ3) is 4.33. The number of fused-ring (bicyclic) bond motifs is 4. The fourth-order valence-electron chi connectivity index (χ4n) is 4.16. The van der Waals surface area contributed by atoms with E-state index in [4.69, 9.17) is 0 Å². The first kappa shape index (κ1) is 19.4. The van der Waals surface area contributed by atoms with Gasteiger partial charge in [0.15, 0.2) is 0 Å². The molecule has 27 heavy (non-hydrogen) atoms. The van der Waals surface area contributed by atoms with E-state index in [1.165, 1.54) is 17.9 Å². The van der Waals surface area contributed by atoms with Gasteiger partial charge in [0.05, 0.1) is 12.5 Å². The molecule has 3 heterocycles. The Morgan fingerprint density at radius 2 is 2.00 bits per heavy atom. The normalized spacial score (nSPS) is 24.3. The van der Waals surface area contributed by atoms with Crippen LogP contribution in [0, 0.1) is 5.92 Å². The molecule has 2 bridgehead atoms. The molecule has 2 aliphatic rings. The molecule has 1 saturated heterocycles. The lowest BCUT2D eigenvalue weighted by molar-refractivity contribution is -0.150. The Labute approximate surface area is 154 Å². The lowest BCUT2D eigenvalue weighted by atomic mass is 9.78. The Balaban J connectivity index is 1.84. The molecule has 1 N–H and O–H groups in total. The summed E-state index contributed by atoms with van der Waals surface area (Å²) in [4.78, 5) is 37.6. The van der Waals surface area contributed by atoms with E-state index in [0.717, 1.165) is 12.1 Å². The zero-order valence-corrected chi connectivity index (χ0v) is 15.0. The molecule has 0 aliphatic carbocycles. The molecule has 148 valence electrons. The van der Waals surface area contributed by atoms with Gasteiger partial charge in [-0.15, -0.1) is 0 Å². The van der Waals surface area contributed by atoms with Gasteiger partial charge in [-0.2, -0.15) is 13.2 Å². The number of nitrogens with one attached hydrogen (secondary N) is 1. The maximum Gasteiger partial charge on any atom is 0.389 e. The van der Waals surface area contributed by atoms with E-state index in [1.54, 1.807) is 10.6 Å². The van der Waals surface area contributed by atoms with Crippen molar-refractivity contribution >= 4 is 11.8 Å². The fraction of sp³-hybridized carbons (Fsp3) is 0.611. The van der Waals surface area contributed by atoms with Crippen LogP contribution in [0.4, 0.5) is 13.2 Å². The molecule has 0 unspecified atom stereocenters. The van der Waals surface area contributed by atoms with Crippen molar-refractivity contribution in [2.24, 2.45) is 5.92 Å². The van der Waals surface area contributed by atoms with Crippen LogP contribution in [0.5, 0.6) is 0 Å². The van der Waals surface area contributed by atoms with Crippen LogP contribution in [0.15, 0.2) is 23.0 Å². The van der Waals surface area contributed by atoms with Gasteiger partial charge in [-0.05, 0) is 18.4 Å². The first-order valence-corrected chi connectivity index (χ1v) is 8.96. The van der Waals surface area contributed by atoms with Crippen molar-refractivity contribution in [3.63, 3.8) is 0 Å². The van der Waals surface area contributed by atoms with Crippen molar-refractivity contribution in [2.75, 3.05) is 19.6 Å². The van der Waals surface area contributed by atoms with Gasteiger partial charge < -0.3 is 14.8 Å². The number of pyridine rings is 1. The van der Waals surface area contributed by atoms with Crippen LogP contribution in [0.25, 0.3) is 0 Å². The molecule has 9 heteroatoms. The summed E-state index contributed by atoms with van der Waals surface area (Å²) in [5.41, 5.74) is 0.594. The monoisotopic (exact) mass is 385 g/mol. The molecule has 1 aromatic heterocycles. The van der Waals surface area contributed by atoms with Crippen molar-refractivity contribution in [2.45, 2.75) is 44.3 Å². The Hall–Kier alpha value is -2.32. The molecule has 2 aliphatic heterocycles. The number of nitrogens with zero attached hydrogens (tertiary/aromatic N) is 2. The van der Waals surface area contributed by atoms with Crippen LogP contribution in [0.1, 0.15) is 43.8 Å². The summed E-state index contributed by atoms with van der Waals surface area (Å²) in [6, 6.07) is 4.59. The van der Waals surface area contributed by atoms with Gasteiger partial charge in [0.25, 0.3) is 5.56 Å². The zero-order valence-electron chi connectivity index (χ0n) is 15.0. The first-order valence-electron chi connectivity index (χ1n) is 8.96. The number of carbonyl (C=O) groups is 2. The molecule has 3 rings (SSSR count). The third-order valence-electron chi connectivity index (χ3n) is 5.33. The van der Waals surface area contributed by atoms with E-state index in [2.05, 4.69) is 5.32 Å². The van der Waals surface area contributed by atoms with Gasteiger partial charge in [-0.25, -0.2) is 0 Å². The smallest absolute Gasteiger partial charge is 0.354 e. The number of alkyl halides is 3. The highest BCUT2D eigenvalue weighted by molar-refractivity contribution is 5.76. The number of hydrogen-bond acceptors (Lipinski definition) is 3. The van der Waals surface area contributed by atoms with E-state index in [0.29, 0.717) is 6.54 Å². The van der Waals surface area contributed by atoms with Crippen LogP contribution in [-0.4, -0.2) is 47.1 Å². The molecule has 6 nitrogen and oxygen atoms in total. The molecule has 3 atom stereocenters. The largest absolute Gasteiger partial charge is 0.389 e. The molecular formula is C18H22F3N3O3. The fourth-order valence-corrected chi connectivity index (χ4v) is 4.16. The predicted molar refractivity (Wildman–Crippen MR) is 91.1 cm³/mol. The highest BCUT2D eigenvalue weighted by atomic mass is 19.4. The number of rotatable bonds is 4. The van der Waals surface area contributed by atoms with Gasteiger partial charge in [-0.3, -0.25) is 14.4 Å². The number of halogens is 3. The lowest BCUT2D eigenvalue weighted by Gasteiger charge is -2.47. The number of likely N-dealkylation sites (tertiary alicyclic amines) is 1. The van der Waals surface area contributed by atoms with E-state index < -0.39 is 24.9 Å². The minimum atomic E-state index is -4.37. The first-order chi connectivity index (χ1) is 12.7. The minimum absolute atomic E-state index is 0.0962. The Morgan fingerprint density at radius 3 is 2.67 bits per heavy atom. The molecule has 0 radical (unpaired) electrons. The number of aromatic nitrogens is 1. The Morgan fingerprint density at radius 1 is 1.26 bits per heavy atom. The van der Waals surface area contributed by atoms with Crippen molar-refractivity contribution in [1.82, 2.24) is 14.8 Å². The predicted octanol–water partition coefficient (Wildman–Crippen LogP) is 1.81. The summed E-state index contributed by atoms with van der Waals surface area (Å²) in [6.07, 6.45) is -5.34. The molecule has 1 aromatic rings. The van der Waals surface area contributed by atoms with E-state index in [9.17, 15) is 27.6 Å². The highest BCUT2D eigenvalue weighted by Crippen LogP contribution is 2.41. The summed E-state index contributed by atoms with van der Waals surface area (Å²) in [5, 5.41) is 2.72. The molecule has 1 fully saturated rings. The van der Waals surface area contributed by atoms with E-state index in [1.807, 2.05) is 6.07 Å². The second kappa shape index (κ2) is 7.36. The summed E-state index contributed by atoms with van der Waals surface area (Å²) < 4.78 is 39.0. The van der Waals surface area contributed by atoms with Crippen LogP contribution in [0.2, 0.25) is 0 Å². The zero-order chi connectivity index (χ0) is 19.8. The van der Waals surface area contributed by atoms with Gasteiger partial charge in [0.1, 0.15) is 0 Å². The van der Waals surface area contributed by atoms with Gasteiger partial charge in [-0.1, -0.05) is 6.07 Å². The van der Waals surface area contributed by atoms with E-state index in [-0.39, 0.29) is 42.4 Å². The van der Waals surface area contributed by atoms with Crippen LogP contribution >= 0.6 is 0 Å². The molecule has 0 saturated carbocycles. The van der Waals surface area contributed by atoms with Gasteiger partial charge in [0.2, 0.25) is 11.8 Å². The van der Waals surface area contributed by atoms with Crippen molar-refractivity contribution in [3.8, 4) is 0 Å². The van der Waals surface area contributed by atoms with E-state index >= 15 is 0 Å². The summed E-state index contributed by atoms with van der Waals surface area (Å²) in [6.45, 7) is 2.23. The average Bonchev–Trinajstić information content (AvgIpc) is 2.59. The molecular weight excluding hydrogens is 363 g/mol. The second-order valence-corrected chi connectivity index (χ2v) is 7.27. The van der Waals surface area contributed by atoms with Crippen LogP contribution in [0.3, 0.4) is 0 Å². The van der Waals surface area contributed by atoms with Gasteiger partial charge in [0, 0.05) is 50.7 Å². The lowest BCUT2D eigenvalue weighted by Crippen LogP contribution is -2.53. The highest BCUT2D eigenvalue weighted by Gasteiger charge is 2.42. The van der Waals surface area contributed by atoms with Crippen molar-refractivity contribution in [1.29, 1.82) is 0 Å². The minimum Gasteiger partial charge on any atom is -0.354 e. The maximum absolute atomic E-state index is 12.4. The Kier molecular flexibility index (Phi) is 5.30. The SMILES string of the molecule is CC(=O)NC[C@H]1[C@H]2C[C@H](CN(C(=O)CCC(F)(F)F)C2)c2cccc(=O)n21. The number of amides is 2. The molecule has 0 spiro atoms. The maximum atomic E-state index is 12.4. The standard InChI is InChI=1S/C18H22F3N3O3/c1-11(25)22-8-15-13-7-12(14-3-2-4-17(27)24(14)15)9-23(10-13)16(26)5-6-18(19,20)21/h2-4,12-13,15H,5-10H2,1H3,(H,22,25)/t12-,13+,15+/m1/s1. The molecule has 2 amide bonds. The second-order valence-electron chi connectivity index (χ2n) is 7.27. The average molecular weight is 385 g/mol. The quantitative estimate of drug-likeness (QED) is 0.859. The number of carbonyl (C=O) groups excluding carboxylic acids is 2. The summed E-state index contributed by atoms with van der Waals surface area (Å²) in [5.74, 6) is -0.942.